The minimum absolute atomic E-state index is 0.164. The number of benzene rings is 3. The van der Waals surface area contributed by atoms with E-state index < -0.39 is 5.97 Å². The van der Waals surface area contributed by atoms with Gasteiger partial charge < -0.3 is 15.7 Å². The van der Waals surface area contributed by atoms with E-state index in [0.29, 0.717) is 16.9 Å². The molecule has 2 amide bonds. The molecule has 0 atom stereocenters. The van der Waals surface area contributed by atoms with Gasteiger partial charge in [-0.3, -0.25) is 9.59 Å². The number of anilines is 2. The Balaban J connectivity index is 1.49. The number of amides is 2. The standard InChI is InChI=1S/C23H20N2O4S/c1-15-3-2-4-17(13-15)22(27)25-19-9-11-20(12-10-19)30-14-21(26)24-18-7-5-16(6-8-18)23(28)29/h2-13H,14H2,1H3,(H,24,26)(H,25,27)(H,28,29). The maximum absolute atomic E-state index is 12.3. The fraction of sp³-hybridized carbons (Fsp3) is 0.0870. The second-order valence-electron chi connectivity index (χ2n) is 6.57. The van der Waals surface area contributed by atoms with Crippen molar-refractivity contribution in [3.05, 3.63) is 89.5 Å². The molecule has 7 heteroatoms. The van der Waals surface area contributed by atoms with Crippen LogP contribution in [-0.2, 0) is 4.79 Å². The van der Waals surface area contributed by atoms with Crippen LogP contribution in [0.2, 0.25) is 0 Å². The van der Waals surface area contributed by atoms with Gasteiger partial charge >= 0.3 is 5.97 Å². The van der Waals surface area contributed by atoms with Crippen LogP contribution < -0.4 is 10.6 Å². The molecule has 0 saturated carbocycles. The van der Waals surface area contributed by atoms with Crippen LogP contribution >= 0.6 is 11.8 Å². The molecule has 0 aliphatic heterocycles. The fourth-order valence-electron chi connectivity index (χ4n) is 2.67. The van der Waals surface area contributed by atoms with E-state index >= 15 is 0 Å². The summed E-state index contributed by atoms with van der Waals surface area (Å²) >= 11 is 1.36. The minimum Gasteiger partial charge on any atom is -0.478 e. The summed E-state index contributed by atoms with van der Waals surface area (Å²) in [6.45, 7) is 1.93. The van der Waals surface area contributed by atoms with Crippen molar-refractivity contribution in [1.82, 2.24) is 0 Å². The van der Waals surface area contributed by atoms with E-state index in [1.165, 1.54) is 23.9 Å². The van der Waals surface area contributed by atoms with Gasteiger partial charge in [-0.05, 0) is 67.6 Å². The summed E-state index contributed by atoms with van der Waals surface area (Å²) in [5.74, 6) is -1.18. The molecule has 0 spiro atoms. The van der Waals surface area contributed by atoms with Gasteiger partial charge in [-0.15, -0.1) is 11.8 Å². The smallest absolute Gasteiger partial charge is 0.335 e. The summed E-state index contributed by atoms with van der Waals surface area (Å²) in [7, 11) is 0. The molecule has 152 valence electrons. The Bertz CT molecular complexity index is 1060. The quantitative estimate of drug-likeness (QED) is 0.483. The van der Waals surface area contributed by atoms with Crippen molar-refractivity contribution < 1.29 is 19.5 Å². The van der Waals surface area contributed by atoms with Crippen LogP contribution in [0.15, 0.2) is 77.7 Å². The number of thioether (sulfide) groups is 1. The zero-order chi connectivity index (χ0) is 21.5. The number of aryl methyl sites for hydroxylation is 1. The number of carbonyl (C=O) groups excluding carboxylic acids is 2. The lowest BCUT2D eigenvalue weighted by Crippen LogP contribution is -2.14. The summed E-state index contributed by atoms with van der Waals surface area (Å²) in [6, 6.07) is 20.6. The molecule has 0 aliphatic carbocycles. The van der Waals surface area contributed by atoms with Gasteiger partial charge in [0.1, 0.15) is 0 Å². The van der Waals surface area contributed by atoms with Crippen LogP contribution in [0.25, 0.3) is 0 Å². The van der Waals surface area contributed by atoms with E-state index in [2.05, 4.69) is 10.6 Å². The second kappa shape index (κ2) is 9.76. The van der Waals surface area contributed by atoms with Crippen molar-refractivity contribution >= 4 is 40.9 Å². The van der Waals surface area contributed by atoms with E-state index in [4.69, 9.17) is 5.11 Å². The number of hydrogen-bond donors (Lipinski definition) is 3. The molecule has 0 unspecified atom stereocenters. The summed E-state index contributed by atoms with van der Waals surface area (Å²) < 4.78 is 0. The summed E-state index contributed by atoms with van der Waals surface area (Å²) in [4.78, 5) is 36.1. The summed E-state index contributed by atoms with van der Waals surface area (Å²) in [5, 5.41) is 14.5. The molecule has 0 radical (unpaired) electrons. The molecule has 6 nitrogen and oxygen atoms in total. The maximum Gasteiger partial charge on any atom is 0.335 e. The fourth-order valence-corrected chi connectivity index (χ4v) is 3.36. The topological polar surface area (TPSA) is 95.5 Å². The van der Waals surface area contributed by atoms with E-state index in [1.54, 1.807) is 30.3 Å². The summed E-state index contributed by atoms with van der Waals surface area (Å²) in [5.41, 5.74) is 3.00. The van der Waals surface area contributed by atoms with Gasteiger partial charge in [0, 0.05) is 21.8 Å². The average Bonchev–Trinajstić information content (AvgIpc) is 2.73. The first-order chi connectivity index (χ1) is 14.4. The largest absolute Gasteiger partial charge is 0.478 e. The second-order valence-corrected chi connectivity index (χ2v) is 7.62. The van der Waals surface area contributed by atoms with Gasteiger partial charge in [-0.2, -0.15) is 0 Å². The molecule has 3 aromatic rings. The zero-order valence-corrected chi connectivity index (χ0v) is 17.0. The van der Waals surface area contributed by atoms with Crippen LogP contribution in [0.4, 0.5) is 11.4 Å². The van der Waals surface area contributed by atoms with Gasteiger partial charge in [0.2, 0.25) is 5.91 Å². The molecule has 3 N–H and O–H groups in total. The predicted octanol–water partition coefficient (Wildman–Crippen LogP) is 4.68. The summed E-state index contributed by atoms with van der Waals surface area (Å²) in [6.07, 6.45) is 0. The maximum atomic E-state index is 12.3. The number of carboxylic acid groups (broad SMARTS) is 1. The highest BCUT2D eigenvalue weighted by Gasteiger charge is 2.08. The number of carbonyl (C=O) groups is 3. The van der Waals surface area contributed by atoms with Crippen molar-refractivity contribution in [3.8, 4) is 0 Å². The molecule has 3 rings (SSSR count). The van der Waals surface area contributed by atoms with Gasteiger partial charge in [-0.1, -0.05) is 17.7 Å². The van der Waals surface area contributed by atoms with Gasteiger partial charge in [0.15, 0.2) is 0 Å². The SMILES string of the molecule is Cc1cccc(C(=O)Nc2ccc(SCC(=O)Nc3ccc(C(=O)O)cc3)cc2)c1. The van der Waals surface area contributed by atoms with Gasteiger partial charge in [0.25, 0.3) is 5.91 Å². The van der Waals surface area contributed by atoms with Crippen LogP contribution in [0, 0.1) is 6.92 Å². The van der Waals surface area contributed by atoms with Crippen LogP contribution in [0.1, 0.15) is 26.3 Å². The molecule has 0 aliphatic rings. The van der Waals surface area contributed by atoms with Crippen molar-refractivity contribution in [2.24, 2.45) is 0 Å². The lowest BCUT2D eigenvalue weighted by molar-refractivity contribution is -0.113. The highest BCUT2D eigenvalue weighted by molar-refractivity contribution is 8.00. The van der Waals surface area contributed by atoms with Crippen molar-refractivity contribution in [1.29, 1.82) is 0 Å². The molecule has 0 aromatic heterocycles. The third-order valence-corrected chi connectivity index (χ3v) is 5.19. The van der Waals surface area contributed by atoms with Crippen molar-refractivity contribution in [3.63, 3.8) is 0 Å². The Kier molecular flexibility index (Phi) is 6.87. The van der Waals surface area contributed by atoms with Crippen molar-refractivity contribution in [2.75, 3.05) is 16.4 Å². The zero-order valence-electron chi connectivity index (χ0n) is 16.2. The number of rotatable bonds is 7. The molecule has 30 heavy (non-hydrogen) atoms. The Morgan fingerprint density at radius 1 is 0.833 bits per heavy atom. The minimum atomic E-state index is -1.01. The molecule has 0 bridgehead atoms. The molecule has 3 aromatic carbocycles. The lowest BCUT2D eigenvalue weighted by Gasteiger charge is -2.08. The third kappa shape index (κ3) is 5.96. The van der Waals surface area contributed by atoms with Crippen molar-refractivity contribution in [2.45, 2.75) is 11.8 Å². The molecular weight excluding hydrogens is 400 g/mol. The molecule has 0 heterocycles. The predicted molar refractivity (Wildman–Crippen MR) is 118 cm³/mol. The molecule has 0 saturated heterocycles. The average molecular weight is 420 g/mol. The van der Waals surface area contributed by atoms with E-state index in [1.807, 2.05) is 37.3 Å². The third-order valence-electron chi connectivity index (χ3n) is 4.18. The highest BCUT2D eigenvalue weighted by Crippen LogP contribution is 2.21. The monoisotopic (exact) mass is 420 g/mol. The normalized spacial score (nSPS) is 10.3. The Morgan fingerprint density at radius 3 is 2.10 bits per heavy atom. The van der Waals surface area contributed by atoms with E-state index in [9.17, 15) is 14.4 Å². The first-order valence-electron chi connectivity index (χ1n) is 9.15. The van der Waals surface area contributed by atoms with Gasteiger partial charge in [-0.25, -0.2) is 4.79 Å². The Labute approximate surface area is 178 Å². The van der Waals surface area contributed by atoms with Crippen LogP contribution in [0.5, 0.6) is 0 Å². The molecule has 0 fully saturated rings. The molecular formula is C23H20N2O4S. The number of hydrogen-bond acceptors (Lipinski definition) is 4. The van der Waals surface area contributed by atoms with Crippen LogP contribution in [-0.4, -0.2) is 28.6 Å². The number of carboxylic acids is 1. The van der Waals surface area contributed by atoms with E-state index in [0.717, 1.165) is 10.5 Å². The first-order valence-corrected chi connectivity index (χ1v) is 10.1. The van der Waals surface area contributed by atoms with Crippen LogP contribution in [0.3, 0.4) is 0 Å². The van der Waals surface area contributed by atoms with Gasteiger partial charge in [0.05, 0.1) is 11.3 Å². The lowest BCUT2D eigenvalue weighted by atomic mass is 10.1. The number of nitrogens with one attached hydrogen (secondary N) is 2. The Hall–Kier alpha value is -3.58. The van der Waals surface area contributed by atoms with E-state index in [-0.39, 0.29) is 23.1 Å². The first kappa shape index (κ1) is 21.1. The Morgan fingerprint density at radius 2 is 1.47 bits per heavy atom. The number of aromatic carboxylic acids is 1. The highest BCUT2D eigenvalue weighted by atomic mass is 32.2.